The second-order valence-corrected chi connectivity index (χ2v) is 15.3. The lowest BCUT2D eigenvalue weighted by Crippen LogP contribution is -2.18. The van der Waals surface area contributed by atoms with E-state index in [1.54, 1.807) is 0 Å². The zero-order valence-electron chi connectivity index (χ0n) is 33.4. The van der Waals surface area contributed by atoms with E-state index in [2.05, 4.69) is 252 Å². The first-order valence-corrected chi connectivity index (χ1v) is 20.8. The molecular weight excluding hydrogens is 741 g/mol. The molecule has 11 aromatic rings. The summed E-state index contributed by atoms with van der Waals surface area (Å²) in [5.74, 6) is 0. The number of furan rings is 1. The number of rotatable bonds is 9. The van der Waals surface area contributed by atoms with Crippen LogP contribution >= 0.6 is 0 Å². The van der Waals surface area contributed by atoms with Gasteiger partial charge in [0.15, 0.2) is 0 Å². The van der Waals surface area contributed by atoms with Crippen molar-refractivity contribution >= 4 is 66.8 Å². The topological polar surface area (TPSA) is 19.6 Å². The van der Waals surface area contributed by atoms with Gasteiger partial charge < -0.3 is 14.2 Å². The largest absolute Gasteiger partial charge is 0.456 e. The first-order chi connectivity index (χ1) is 30.3. The summed E-state index contributed by atoms with van der Waals surface area (Å²) in [6.45, 7) is 0. The Morgan fingerprint density at radius 1 is 0.295 bits per heavy atom. The zero-order chi connectivity index (χ0) is 40.5. The van der Waals surface area contributed by atoms with Gasteiger partial charge in [-0.1, -0.05) is 182 Å². The second-order valence-electron chi connectivity index (χ2n) is 15.3. The maximum atomic E-state index is 6.90. The van der Waals surface area contributed by atoms with Crippen LogP contribution in [0.1, 0.15) is 0 Å². The zero-order valence-corrected chi connectivity index (χ0v) is 33.4. The van der Waals surface area contributed by atoms with Crippen LogP contribution in [0, 0.1) is 0 Å². The fourth-order valence-electron chi connectivity index (χ4n) is 8.80. The standard InChI is InChI=1S/C58H40N2O/c1-5-19-41(20-6-1)42-33-35-48(36-34-42)59(52-31-17-15-29-49(52)43-21-7-2-8-22-43)54-37-38-55-57(51-39-45-25-13-14-26-46(45)40-56(51)61-55)58(54)60(47-27-11-4-12-28-47)53-32-18-16-30-50(53)44-23-9-3-10-24-44/h1-40H. The molecule has 1 heterocycles. The highest BCUT2D eigenvalue weighted by atomic mass is 16.3. The lowest BCUT2D eigenvalue weighted by atomic mass is 9.98. The number of fused-ring (bicyclic) bond motifs is 4. The summed E-state index contributed by atoms with van der Waals surface area (Å²) in [5.41, 5.74) is 14.7. The van der Waals surface area contributed by atoms with Crippen LogP contribution in [0.5, 0.6) is 0 Å². The monoisotopic (exact) mass is 780 g/mol. The quantitative estimate of drug-likeness (QED) is 0.145. The maximum absolute atomic E-state index is 6.90. The summed E-state index contributed by atoms with van der Waals surface area (Å²) in [4.78, 5) is 4.88. The number of hydrogen-bond acceptors (Lipinski definition) is 3. The van der Waals surface area contributed by atoms with Gasteiger partial charge >= 0.3 is 0 Å². The Morgan fingerprint density at radius 3 is 1.36 bits per heavy atom. The van der Waals surface area contributed by atoms with E-state index in [0.717, 1.165) is 94.7 Å². The van der Waals surface area contributed by atoms with Crippen LogP contribution in [0.15, 0.2) is 247 Å². The third-order valence-corrected chi connectivity index (χ3v) is 11.6. The normalized spacial score (nSPS) is 11.3. The Kier molecular flexibility index (Phi) is 9.18. The molecule has 0 saturated carbocycles. The van der Waals surface area contributed by atoms with Gasteiger partial charge in [-0.15, -0.1) is 0 Å². The van der Waals surface area contributed by atoms with Gasteiger partial charge in [-0.05, 0) is 93.7 Å². The average Bonchev–Trinajstić information content (AvgIpc) is 3.70. The van der Waals surface area contributed by atoms with Gasteiger partial charge in [0.1, 0.15) is 11.2 Å². The van der Waals surface area contributed by atoms with E-state index in [-0.39, 0.29) is 0 Å². The lowest BCUT2D eigenvalue weighted by molar-refractivity contribution is 0.669. The van der Waals surface area contributed by atoms with Crippen LogP contribution in [0.2, 0.25) is 0 Å². The van der Waals surface area contributed by atoms with Gasteiger partial charge in [0.2, 0.25) is 0 Å². The summed E-state index contributed by atoms with van der Waals surface area (Å²) < 4.78 is 6.90. The Morgan fingerprint density at radius 2 is 0.754 bits per heavy atom. The van der Waals surface area contributed by atoms with Crippen molar-refractivity contribution in [3.63, 3.8) is 0 Å². The highest BCUT2D eigenvalue weighted by Gasteiger charge is 2.29. The Balaban J connectivity index is 1.28. The van der Waals surface area contributed by atoms with Crippen molar-refractivity contribution in [1.82, 2.24) is 0 Å². The molecule has 0 aliphatic rings. The highest BCUT2D eigenvalue weighted by Crippen LogP contribution is 2.54. The van der Waals surface area contributed by atoms with E-state index in [0.29, 0.717) is 0 Å². The van der Waals surface area contributed by atoms with Crippen molar-refractivity contribution in [2.75, 3.05) is 9.80 Å². The second kappa shape index (κ2) is 15.6. The molecule has 0 atom stereocenters. The fourth-order valence-corrected chi connectivity index (χ4v) is 8.80. The van der Waals surface area contributed by atoms with E-state index in [1.807, 2.05) is 0 Å². The Labute approximate surface area is 355 Å². The van der Waals surface area contributed by atoms with E-state index < -0.39 is 0 Å². The van der Waals surface area contributed by atoms with Gasteiger partial charge in [-0.25, -0.2) is 0 Å². The molecule has 0 aliphatic carbocycles. The van der Waals surface area contributed by atoms with E-state index in [1.165, 1.54) is 5.56 Å². The van der Waals surface area contributed by atoms with E-state index >= 15 is 0 Å². The van der Waals surface area contributed by atoms with Gasteiger partial charge in [-0.2, -0.15) is 0 Å². The minimum Gasteiger partial charge on any atom is -0.456 e. The molecule has 0 radical (unpaired) electrons. The van der Waals surface area contributed by atoms with Crippen molar-refractivity contribution < 1.29 is 4.42 Å². The van der Waals surface area contributed by atoms with Gasteiger partial charge in [0.05, 0.1) is 28.1 Å². The van der Waals surface area contributed by atoms with Crippen LogP contribution in [0.3, 0.4) is 0 Å². The molecule has 0 fully saturated rings. The summed E-state index contributed by atoms with van der Waals surface area (Å²) in [6, 6.07) is 86.6. The van der Waals surface area contributed by atoms with Crippen molar-refractivity contribution in [1.29, 1.82) is 0 Å². The molecule has 0 spiro atoms. The number of benzene rings is 10. The first-order valence-electron chi connectivity index (χ1n) is 20.8. The number of nitrogens with zero attached hydrogens (tertiary/aromatic N) is 2. The molecule has 61 heavy (non-hydrogen) atoms. The smallest absolute Gasteiger partial charge is 0.137 e. The fraction of sp³-hybridized carbons (Fsp3) is 0. The summed E-state index contributed by atoms with van der Waals surface area (Å²) in [5, 5.41) is 4.39. The van der Waals surface area contributed by atoms with Gasteiger partial charge in [0, 0.05) is 27.9 Å². The van der Waals surface area contributed by atoms with Crippen LogP contribution < -0.4 is 9.80 Å². The molecule has 288 valence electrons. The third-order valence-electron chi connectivity index (χ3n) is 11.6. The van der Waals surface area contributed by atoms with E-state index in [4.69, 9.17) is 4.42 Å². The molecule has 0 unspecified atom stereocenters. The average molecular weight is 781 g/mol. The summed E-state index contributed by atoms with van der Waals surface area (Å²) in [6.07, 6.45) is 0. The van der Waals surface area contributed by atoms with Crippen LogP contribution in [-0.4, -0.2) is 0 Å². The number of para-hydroxylation sites is 3. The van der Waals surface area contributed by atoms with Crippen molar-refractivity contribution in [3.05, 3.63) is 243 Å². The Bertz CT molecular complexity index is 3290. The summed E-state index contributed by atoms with van der Waals surface area (Å²) in [7, 11) is 0. The number of anilines is 6. The molecule has 3 nitrogen and oxygen atoms in total. The third kappa shape index (κ3) is 6.59. The molecule has 0 N–H and O–H groups in total. The molecule has 0 aliphatic heterocycles. The molecule has 3 heteroatoms. The van der Waals surface area contributed by atoms with Crippen molar-refractivity contribution in [2.45, 2.75) is 0 Å². The molecule has 0 bridgehead atoms. The van der Waals surface area contributed by atoms with Gasteiger partial charge in [0.25, 0.3) is 0 Å². The molecule has 0 saturated heterocycles. The van der Waals surface area contributed by atoms with E-state index in [9.17, 15) is 0 Å². The molecule has 10 aromatic carbocycles. The Hall–Kier alpha value is -8.14. The maximum Gasteiger partial charge on any atom is 0.137 e. The SMILES string of the molecule is c1ccc(-c2ccc(N(c3ccccc3-c3ccccc3)c3ccc4oc5cc6ccccc6cc5c4c3N(c3ccccc3)c3ccccc3-c3ccccc3)cc2)cc1. The molecule has 1 aromatic heterocycles. The first kappa shape index (κ1) is 36.0. The van der Waals surface area contributed by atoms with Crippen molar-refractivity contribution in [2.24, 2.45) is 0 Å². The van der Waals surface area contributed by atoms with Gasteiger partial charge in [-0.3, -0.25) is 0 Å². The predicted octanol–water partition coefficient (Wildman–Crippen LogP) is 16.7. The van der Waals surface area contributed by atoms with Crippen LogP contribution in [-0.2, 0) is 0 Å². The van der Waals surface area contributed by atoms with Crippen LogP contribution in [0.4, 0.5) is 34.1 Å². The highest BCUT2D eigenvalue weighted by molar-refractivity contribution is 6.20. The minimum atomic E-state index is 0.817. The number of hydrogen-bond donors (Lipinski definition) is 0. The lowest BCUT2D eigenvalue weighted by Gasteiger charge is -2.35. The molecular formula is C58H40N2O. The minimum absolute atomic E-state index is 0.817. The molecule has 11 rings (SSSR count). The van der Waals surface area contributed by atoms with Crippen LogP contribution in [0.25, 0.3) is 66.1 Å². The summed E-state index contributed by atoms with van der Waals surface area (Å²) >= 11 is 0. The predicted molar refractivity (Wildman–Crippen MR) is 257 cm³/mol. The molecule has 0 amide bonds. The van der Waals surface area contributed by atoms with Crippen molar-refractivity contribution in [3.8, 4) is 33.4 Å².